The average Bonchev–Trinajstić information content (AvgIpc) is 2.53. The van der Waals surface area contributed by atoms with Crippen molar-refractivity contribution in [3.05, 3.63) is 42.0 Å². The molecule has 0 fully saturated rings. The van der Waals surface area contributed by atoms with Gasteiger partial charge in [-0.3, -0.25) is 9.78 Å². The van der Waals surface area contributed by atoms with Crippen molar-refractivity contribution in [2.45, 2.75) is 13.5 Å². The number of pyridine rings is 1. The van der Waals surface area contributed by atoms with Gasteiger partial charge < -0.3 is 15.4 Å². The van der Waals surface area contributed by atoms with Gasteiger partial charge in [0.15, 0.2) is 0 Å². The first-order valence-corrected chi connectivity index (χ1v) is 6.56. The van der Waals surface area contributed by atoms with Gasteiger partial charge >= 0.3 is 0 Å². The lowest BCUT2D eigenvalue weighted by Crippen LogP contribution is -2.24. The number of carbonyl (C=O) groups is 1. The van der Waals surface area contributed by atoms with Crippen LogP contribution in [0.3, 0.4) is 0 Å². The zero-order chi connectivity index (χ0) is 15.1. The minimum Gasteiger partial charge on any atom is -0.481 e. The second-order valence-corrected chi connectivity index (χ2v) is 4.21. The maximum absolute atomic E-state index is 12.0. The number of hydrogen-bond acceptors (Lipinski definition) is 6. The van der Waals surface area contributed by atoms with Crippen LogP contribution in [-0.2, 0) is 6.54 Å². The molecule has 0 aromatic carbocycles. The lowest BCUT2D eigenvalue weighted by molar-refractivity contribution is 0.0945. The molecule has 2 rings (SSSR count). The number of aromatic nitrogens is 3. The van der Waals surface area contributed by atoms with Gasteiger partial charge in [-0.25, -0.2) is 9.97 Å². The number of nitrogens with zero attached hydrogens (tertiary/aromatic N) is 3. The molecule has 0 saturated carbocycles. The number of hydrogen-bond donors (Lipinski definition) is 2. The highest BCUT2D eigenvalue weighted by molar-refractivity contribution is 5.92. The van der Waals surface area contributed by atoms with E-state index in [0.717, 1.165) is 12.1 Å². The van der Waals surface area contributed by atoms with Gasteiger partial charge in [0.1, 0.15) is 11.5 Å². The van der Waals surface area contributed by atoms with Gasteiger partial charge in [0.2, 0.25) is 5.88 Å². The fourth-order valence-corrected chi connectivity index (χ4v) is 1.65. The molecule has 0 atom stereocenters. The third kappa shape index (κ3) is 4.13. The van der Waals surface area contributed by atoms with Crippen molar-refractivity contribution >= 4 is 11.7 Å². The Kier molecular flexibility index (Phi) is 5.03. The van der Waals surface area contributed by atoms with Gasteiger partial charge in [0.25, 0.3) is 5.91 Å². The molecule has 2 aromatic heterocycles. The number of methoxy groups -OCH3 is 1. The highest BCUT2D eigenvalue weighted by Crippen LogP contribution is 2.07. The molecule has 0 bridgehead atoms. The minimum absolute atomic E-state index is 0.273. The maximum atomic E-state index is 12.0. The lowest BCUT2D eigenvalue weighted by Gasteiger charge is -2.07. The zero-order valence-corrected chi connectivity index (χ0v) is 12.0. The van der Waals surface area contributed by atoms with Crippen molar-refractivity contribution in [2.75, 3.05) is 19.0 Å². The third-order valence-corrected chi connectivity index (χ3v) is 2.68. The van der Waals surface area contributed by atoms with Gasteiger partial charge in [-0.1, -0.05) is 6.07 Å². The number of amides is 1. The number of rotatable bonds is 6. The lowest BCUT2D eigenvalue weighted by atomic mass is 10.3. The number of nitrogens with one attached hydrogen (secondary N) is 2. The Hall–Kier alpha value is -2.70. The van der Waals surface area contributed by atoms with E-state index in [0.29, 0.717) is 18.2 Å². The Morgan fingerprint density at radius 1 is 1.29 bits per heavy atom. The van der Waals surface area contributed by atoms with Crippen LogP contribution in [0, 0.1) is 0 Å². The van der Waals surface area contributed by atoms with Crippen molar-refractivity contribution in [1.29, 1.82) is 0 Å². The van der Waals surface area contributed by atoms with Gasteiger partial charge in [-0.05, 0) is 12.5 Å². The molecule has 0 aliphatic heterocycles. The molecule has 0 unspecified atom stereocenters. The van der Waals surface area contributed by atoms with E-state index in [1.54, 1.807) is 25.6 Å². The quantitative estimate of drug-likeness (QED) is 0.831. The van der Waals surface area contributed by atoms with Crippen LogP contribution in [0.15, 0.2) is 30.7 Å². The molecular formula is C14H17N5O2. The second kappa shape index (κ2) is 7.18. The van der Waals surface area contributed by atoms with Crippen molar-refractivity contribution in [3.8, 4) is 5.88 Å². The van der Waals surface area contributed by atoms with Gasteiger partial charge in [-0.2, -0.15) is 0 Å². The Labute approximate surface area is 122 Å². The van der Waals surface area contributed by atoms with Crippen LogP contribution in [0.5, 0.6) is 5.88 Å². The summed E-state index contributed by atoms with van der Waals surface area (Å²) in [5.74, 6) is 0.837. The van der Waals surface area contributed by atoms with Gasteiger partial charge in [0, 0.05) is 25.4 Å². The van der Waals surface area contributed by atoms with E-state index in [2.05, 4.69) is 25.6 Å². The Balaban J connectivity index is 1.95. The normalized spacial score (nSPS) is 10.0. The van der Waals surface area contributed by atoms with E-state index < -0.39 is 0 Å². The molecule has 21 heavy (non-hydrogen) atoms. The van der Waals surface area contributed by atoms with Crippen molar-refractivity contribution < 1.29 is 9.53 Å². The van der Waals surface area contributed by atoms with Crippen LogP contribution in [0.1, 0.15) is 23.0 Å². The largest absolute Gasteiger partial charge is 0.481 e. The van der Waals surface area contributed by atoms with E-state index in [9.17, 15) is 4.79 Å². The Bertz CT molecular complexity index is 601. The summed E-state index contributed by atoms with van der Waals surface area (Å²) in [7, 11) is 1.56. The third-order valence-electron chi connectivity index (χ3n) is 2.68. The molecule has 1 amide bonds. The molecule has 0 aliphatic rings. The summed E-state index contributed by atoms with van der Waals surface area (Å²) in [6.45, 7) is 3.03. The van der Waals surface area contributed by atoms with Crippen LogP contribution >= 0.6 is 0 Å². The molecule has 0 radical (unpaired) electrons. The van der Waals surface area contributed by atoms with E-state index in [1.807, 2.05) is 13.0 Å². The zero-order valence-electron chi connectivity index (χ0n) is 12.0. The van der Waals surface area contributed by atoms with Gasteiger partial charge in [-0.15, -0.1) is 0 Å². The SMILES string of the molecule is CCNc1cncc(C(=O)NCc2ccc(OC)nc2)n1. The molecule has 2 heterocycles. The van der Waals surface area contributed by atoms with E-state index >= 15 is 0 Å². The molecular weight excluding hydrogens is 270 g/mol. The fraction of sp³-hybridized carbons (Fsp3) is 0.286. The Morgan fingerprint density at radius 2 is 2.14 bits per heavy atom. The minimum atomic E-state index is -0.280. The van der Waals surface area contributed by atoms with E-state index in [1.165, 1.54) is 6.20 Å². The topological polar surface area (TPSA) is 89.0 Å². The summed E-state index contributed by atoms with van der Waals surface area (Å²) in [6, 6.07) is 3.58. The fourth-order valence-electron chi connectivity index (χ4n) is 1.65. The molecule has 2 aromatic rings. The summed E-state index contributed by atoms with van der Waals surface area (Å²) < 4.78 is 4.98. The number of anilines is 1. The predicted molar refractivity (Wildman–Crippen MR) is 78.2 cm³/mol. The highest BCUT2D eigenvalue weighted by atomic mass is 16.5. The van der Waals surface area contributed by atoms with Crippen LogP contribution < -0.4 is 15.4 Å². The van der Waals surface area contributed by atoms with Crippen LogP contribution in [0.4, 0.5) is 5.82 Å². The van der Waals surface area contributed by atoms with E-state index in [-0.39, 0.29) is 11.6 Å². The summed E-state index contributed by atoms with van der Waals surface area (Å²) in [5.41, 5.74) is 1.15. The summed E-state index contributed by atoms with van der Waals surface area (Å²) in [5, 5.41) is 5.78. The molecule has 110 valence electrons. The van der Waals surface area contributed by atoms with Crippen molar-refractivity contribution in [1.82, 2.24) is 20.3 Å². The molecule has 2 N–H and O–H groups in total. The molecule has 7 nitrogen and oxygen atoms in total. The smallest absolute Gasteiger partial charge is 0.271 e. The molecule has 0 aliphatic carbocycles. The number of carbonyl (C=O) groups excluding carboxylic acids is 1. The first-order valence-electron chi connectivity index (χ1n) is 6.56. The average molecular weight is 287 g/mol. The Morgan fingerprint density at radius 3 is 2.81 bits per heavy atom. The highest BCUT2D eigenvalue weighted by Gasteiger charge is 2.08. The first kappa shape index (κ1) is 14.7. The van der Waals surface area contributed by atoms with Crippen LogP contribution in [-0.4, -0.2) is 34.5 Å². The van der Waals surface area contributed by atoms with Crippen molar-refractivity contribution in [2.24, 2.45) is 0 Å². The summed E-state index contributed by atoms with van der Waals surface area (Å²) in [6.07, 6.45) is 4.66. The van der Waals surface area contributed by atoms with E-state index in [4.69, 9.17) is 4.74 Å². The molecule has 0 saturated heterocycles. The second-order valence-electron chi connectivity index (χ2n) is 4.21. The molecule has 7 heteroatoms. The molecule has 0 spiro atoms. The standard InChI is InChI=1S/C14H17N5O2/c1-3-16-12-9-15-8-11(19-12)14(20)18-7-10-4-5-13(21-2)17-6-10/h4-6,8-9H,3,7H2,1-2H3,(H,16,19)(H,18,20). The summed E-state index contributed by atoms with van der Waals surface area (Å²) in [4.78, 5) is 24.3. The van der Waals surface area contributed by atoms with Crippen molar-refractivity contribution in [3.63, 3.8) is 0 Å². The van der Waals surface area contributed by atoms with Crippen LogP contribution in [0.2, 0.25) is 0 Å². The number of ether oxygens (including phenoxy) is 1. The summed E-state index contributed by atoms with van der Waals surface area (Å²) >= 11 is 0. The van der Waals surface area contributed by atoms with Crippen LogP contribution in [0.25, 0.3) is 0 Å². The predicted octanol–water partition coefficient (Wildman–Crippen LogP) is 1.24. The maximum Gasteiger partial charge on any atom is 0.271 e. The monoisotopic (exact) mass is 287 g/mol. The first-order chi connectivity index (χ1) is 10.2. The van der Waals surface area contributed by atoms with Gasteiger partial charge in [0.05, 0.1) is 19.5 Å².